The molecule has 7 heteroatoms. The van der Waals surface area contributed by atoms with E-state index in [-0.39, 0.29) is 6.61 Å². The predicted molar refractivity (Wildman–Crippen MR) is 75.2 cm³/mol. The summed E-state index contributed by atoms with van der Waals surface area (Å²) in [6.07, 6.45) is -4.02. The lowest BCUT2D eigenvalue weighted by atomic mass is 9.98. The Labute approximate surface area is 127 Å². The van der Waals surface area contributed by atoms with Crippen LogP contribution in [0, 0.1) is 0 Å². The fourth-order valence-electron chi connectivity index (χ4n) is 2.49. The van der Waals surface area contributed by atoms with Gasteiger partial charge in [-0.2, -0.15) is 0 Å². The number of rotatable bonds is 3. The minimum atomic E-state index is -1.21. The Morgan fingerprint density at radius 2 is 2.00 bits per heavy atom. The van der Waals surface area contributed by atoms with Crippen molar-refractivity contribution >= 4 is 11.9 Å². The van der Waals surface area contributed by atoms with Crippen LogP contribution in [-0.2, 0) is 19.0 Å². The van der Waals surface area contributed by atoms with Crippen molar-refractivity contribution in [2.75, 3.05) is 6.61 Å². The van der Waals surface area contributed by atoms with Gasteiger partial charge in [-0.25, -0.2) is 4.99 Å². The second-order valence-electron chi connectivity index (χ2n) is 5.24. The summed E-state index contributed by atoms with van der Waals surface area (Å²) in [6, 6.07) is 8.51. The maximum atomic E-state index is 10.9. The maximum absolute atomic E-state index is 10.9. The number of nitrogens with zero attached hydrogens (tertiary/aromatic N) is 1. The van der Waals surface area contributed by atoms with Gasteiger partial charge in [-0.3, -0.25) is 4.79 Å². The highest BCUT2D eigenvalue weighted by Crippen LogP contribution is 2.30. The summed E-state index contributed by atoms with van der Waals surface area (Å²) in [6.45, 7) is 1.11. The number of fused-ring (bicyclic) bond motifs is 1. The predicted octanol–water partition coefficient (Wildman–Crippen LogP) is -0.158. The number of carbonyl (C=O) groups excluding carboxylic acids is 1. The highest BCUT2D eigenvalue weighted by atomic mass is 16.7. The fraction of sp³-hybridized carbons (Fsp3) is 0.467. The van der Waals surface area contributed by atoms with E-state index in [0.29, 0.717) is 5.90 Å². The van der Waals surface area contributed by atoms with Gasteiger partial charge in [-0.1, -0.05) is 18.2 Å². The fourth-order valence-corrected chi connectivity index (χ4v) is 2.49. The molecule has 0 spiro atoms. The van der Waals surface area contributed by atoms with Crippen LogP contribution < -0.4 is 0 Å². The zero-order valence-electron chi connectivity index (χ0n) is 12.0. The normalized spacial score (nSPS) is 33.6. The number of hydrogen-bond acceptors (Lipinski definition) is 7. The Bertz CT molecular complexity index is 575. The van der Waals surface area contributed by atoms with E-state index in [9.17, 15) is 15.0 Å². The topological polar surface area (TPSA) is 97.6 Å². The molecule has 1 aromatic carbocycles. The monoisotopic (exact) mass is 307 g/mol. The first kappa shape index (κ1) is 15.0. The van der Waals surface area contributed by atoms with Crippen molar-refractivity contribution in [1.29, 1.82) is 0 Å². The minimum absolute atomic E-state index is 0.152. The summed E-state index contributed by atoms with van der Waals surface area (Å²) >= 11 is 0. The number of ether oxygens (including phenoxy) is 3. The van der Waals surface area contributed by atoms with E-state index in [1.165, 1.54) is 6.92 Å². The summed E-state index contributed by atoms with van der Waals surface area (Å²) in [7, 11) is 0. The molecular weight excluding hydrogens is 290 g/mol. The van der Waals surface area contributed by atoms with Gasteiger partial charge in [0.05, 0.1) is 0 Å². The van der Waals surface area contributed by atoms with E-state index < -0.39 is 36.6 Å². The molecule has 22 heavy (non-hydrogen) atoms. The van der Waals surface area contributed by atoms with E-state index in [1.807, 2.05) is 30.3 Å². The molecule has 2 aliphatic heterocycles. The summed E-state index contributed by atoms with van der Waals surface area (Å²) in [5, 5.41) is 20.3. The Hall–Kier alpha value is -1.96. The summed E-state index contributed by atoms with van der Waals surface area (Å²) in [5.74, 6) is -0.129. The first-order chi connectivity index (χ1) is 10.6. The molecule has 1 aromatic rings. The van der Waals surface area contributed by atoms with Gasteiger partial charge < -0.3 is 24.4 Å². The Morgan fingerprint density at radius 3 is 2.68 bits per heavy atom. The maximum Gasteiger partial charge on any atom is 0.302 e. The first-order valence-electron chi connectivity index (χ1n) is 7.01. The van der Waals surface area contributed by atoms with Gasteiger partial charge in [-0.05, 0) is 12.1 Å². The molecule has 1 saturated heterocycles. The molecule has 2 aliphatic rings. The van der Waals surface area contributed by atoms with Gasteiger partial charge in [0.1, 0.15) is 31.0 Å². The zero-order valence-corrected chi connectivity index (χ0v) is 12.0. The molecular formula is C15H17NO6. The number of aliphatic imine (C=N–C) groups is 1. The molecule has 3 rings (SSSR count). The SMILES string of the molecule is CC(=O)OC[C@@H]1O[C@H]2OC(c3ccccc3)=N[C@H]2[C@H](O)[C@H]1O. The molecule has 0 bridgehead atoms. The third-order valence-electron chi connectivity index (χ3n) is 3.63. The van der Waals surface area contributed by atoms with Crippen molar-refractivity contribution in [2.45, 2.75) is 37.6 Å². The van der Waals surface area contributed by atoms with E-state index >= 15 is 0 Å². The van der Waals surface area contributed by atoms with Crippen LogP contribution >= 0.6 is 0 Å². The lowest BCUT2D eigenvalue weighted by Crippen LogP contribution is -2.57. The van der Waals surface area contributed by atoms with Gasteiger partial charge >= 0.3 is 5.97 Å². The zero-order chi connectivity index (χ0) is 15.7. The smallest absolute Gasteiger partial charge is 0.302 e. The van der Waals surface area contributed by atoms with E-state index in [2.05, 4.69) is 4.99 Å². The average molecular weight is 307 g/mol. The Balaban J connectivity index is 1.73. The van der Waals surface area contributed by atoms with Crippen molar-refractivity contribution in [3.63, 3.8) is 0 Å². The molecule has 0 radical (unpaired) electrons. The quantitative estimate of drug-likeness (QED) is 0.753. The Kier molecular flexibility index (Phi) is 4.10. The van der Waals surface area contributed by atoms with Crippen LogP contribution in [0.5, 0.6) is 0 Å². The molecule has 5 atom stereocenters. The Morgan fingerprint density at radius 1 is 1.27 bits per heavy atom. The van der Waals surface area contributed by atoms with Crippen molar-refractivity contribution in [2.24, 2.45) is 4.99 Å². The highest BCUT2D eigenvalue weighted by molar-refractivity contribution is 5.95. The lowest BCUT2D eigenvalue weighted by molar-refractivity contribution is -0.236. The molecule has 0 amide bonds. The number of esters is 1. The molecule has 2 heterocycles. The largest absolute Gasteiger partial charge is 0.463 e. The third kappa shape index (κ3) is 2.83. The molecule has 0 aromatic heterocycles. The van der Waals surface area contributed by atoms with E-state index in [4.69, 9.17) is 14.2 Å². The minimum Gasteiger partial charge on any atom is -0.463 e. The summed E-state index contributed by atoms with van der Waals surface area (Å²) in [5.41, 5.74) is 0.763. The van der Waals surface area contributed by atoms with E-state index in [1.54, 1.807) is 0 Å². The number of aliphatic hydroxyl groups excluding tert-OH is 2. The standard InChI is InChI=1S/C15H17NO6/c1-8(17)20-7-10-12(18)13(19)11-15(21-10)22-14(16-11)9-5-3-2-4-6-9/h2-6,10-13,15,18-19H,7H2,1H3/t10-,11-,12-,13-,15-/m0/s1. The van der Waals surface area contributed by atoms with Crippen LogP contribution in [0.3, 0.4) is 0 Å². The van der Waals surface area contributed by atoms with Gasteiger partial charge in [-0.15, -0.1) is 0 Å². The van der Waals surface area contributed by atoms with Gasteiger partial charge in [0.15, 0.2) is 0 Å². The average Bonchev–Trinajstić information content (AvgIpc) is 2.94. The molecule has 2 N–H and O–H groups in total. The number of carbonyl (C=O) groups is 1. The molecule has 1 fully saturated rings. The van der Waals surface area contributed by atoms with Crippen LogP contribution in [-0.4, -0.2) is 59.3 Å². The van der Waals surface area contributed by atoms with Crippen LogP contribution in [0.15, 0.2) is 35.3 Å². The molecule has 7 nitrogen and oxygen atoms in total. The second-order valence-corrected chi connectivity index (χ2v) is 5.24. The first-order valence-corrected chi connectivity index (χ1v) is 7.01. The lowest BCUT2D eigenvalue weighted by Gasteiger charge is -2.37. The van der Waals surface area contributed by atoms with Crippen molar-refractivity contribution in [3.8, 4) is 0 Å². The highest BCUT2D eigenvalue weighted by Gasteiger charge is 2.49. The molecule has 0 aliphatic carbocycles. The van der Waals surface area contributed by atoms with E-state index in [0.717, 1.165) is 5.56 Å². The number of hydrogen-bond donors (Lipinski definition) is 2. The third-order valence-corrected chi connectivity index (χ3v) is 3.63. The van der Waals surface area contributed by atoms with Gasteiger partial charge in [0.25, 0.3) is 0 Å². The summed E-state index contributed by atoms with van der Waals surface area (Å²) in [4.78, 5) is 15.2. The van der Waals surface area contributed by atoms with Gasteiger partial charge in [0, 0.05) is 12.5 Å². The second kappa shape index (κ2) is 6.04. The number of aliphatic hydroxyl groups is 2. The van der Waals surface area contributed by atoms with Crippen LogP contribution in [0.1, 0.15) is 12.5 Å². The van der Waals surface area contributed by atoms with Crippen LogP contribution in [0.4, 0.5) is 0 Å². The van der Waals surface area contributed by atoms with Crippen LogP contribution in [0.25, 0.3) is 0 Å². The number of benzene rings is 1. The van der Waals surface area contributed by atoms with Crippen molar-refractivity contribution in [3.05, 3.63) is 35.9 Å². The molecule has 0 saturated carbocycles. The van der Waals surface area contributed by atoms with Crippen LogP contribution in [0.2, 0.25) is 0 Å². The van der Waals surface area contributed by atoms with Gasteiger partial charge in [0.2, 0.25) is 12.2 Å². The van der Waals surface area contributed by atoms with Crippen molar-refractivity contribution in [1.82, 2.24) is 0 Å². The summed E-state index contributed by atoms with van der Waals surface area (Å²) < 4.78 is 16.0. The molecule has 118 valence electrons. The van der Waals surface area contributed by atoms with Crippen molar-refractivity contribution < 1.29 is 29.2 Å². The molecule has 0 unspecified atom stereocenters.